The van der Waals surface area contributed by atoms with Gasteiger partial charge in [0.1, 0.15) is 5.75 Å². The number of para-hydroxylation sites is 2. The van der Waals surface area contributed by atoms with E-state index < -0.39 is 23.9 Å². The number of hydrogen-bond donors (Lipinski definition) is 3. The van der Waals surface area contributed by atoms with Crippen LogP contribution in [0.25, 0.3) is 0 Å². The van der Waals surface area contributed by atoms with Gasteiger partial charge in [0, 0.05) is 16.8 Å². The number of carbonyl (C=O) groups is 3. The third kappa shape index (κ3) is 8.42. The summed E-state index contributed by atoms with van der Waals surface area (Å²) in [5.74, 6) is -0.567. The molecule has 1 atom stereocenters. The zero-order chi connectivity index (χ0) is 29.8. The van der Waals surface area contributed by atoms with Crippen molar-refractivity contribution in [2.45, 2.75) is 26.8 Å². The number of carbonyl (C=O) groups excluding carboxylic acids is 3. The largest absolute Gasteiger partial charge is 0.493 e. The van der Waals surface area contributed by atoms with Crippen molar-refractivity contribution in [1.29, 1.82) is 0 Å². The highest BCUT2D eigenvalue weighted by atomic mass is 32.1. The monoisotopic (exact) mass is 584 g/mol. The number of nitrogens with zero attached hydrogens (tertiary/aromatic N) is 1. The highest BCUT2D eigenvalue weighted by molar-refractivity contribution is 7.80. The number of methoxy groups -OCH3 is 1. The summed E-state index contributed by atoms with van der Waals surface area (Å²) in [5.41, 5.74) is 4.36. The van der Waals surface area contributed by atoms with Gasteiger partial charge in [0.15, 0.2) is 29.8 Å². The minimum atomic E-state index is -0.652. The Balaban J connectivity index is 1.70. The summed E-state index contributed by atoms with van der Waals surface area (Å²) in [7, 11) is 1.46. The molecule has 13 heteroatoms. The van der Waals surface area contributed by atoms with Crippen molar-refractivity contribution >= 4 is 41.4 Å². The third-order valence-electron chi connectivity index (χ3n) is 5.62. The van der Waals surface area contributed by atoms with E-state index in [0.29, 0.717) is 39.0 Å². The maximum absolute atomic E-state index is 12.7. The van der Waals surface area contributed by atoms with Gasteiger partial charge in [-0.3, -0.25) is 4.79 Å². The lowest BCUT2D eigenvalue weighted by atomic mass is 9.95. The van der Waals surface area contributed by atoms with E-state index in [-0.39, 0.29) is 32.2 Å². The molecule has 41 heavy (non-hydrogen) atoms. The fraction of sp³-hybridized carbons (Fsp3) is 0.321. The normalized spacial score (nSPS) is 14.5. The molecule has 1 aliphatic rings. The number of hydrogen-bond acceptors (Lipinski definition) is 10. The molecule has 218 valence electrons. The first-order valence-corrected chi connectivity index (χ1v) is 13.1. The first kappa shape index (κ1) is 30.9. The van der Waals surface area contributed by atoms with Gasteiger partial charge < -0.3 is 34.3 Å². The van der Waals surface area contributed by atoms with Crippen LogP contribution in [0.1, 0.15) is 37.9 Å². The van der Waals surface area contributed by atoms with Crippen molar-refractivity contribution in [3.8, 4) is 17.2 Å². The standard InChI is InChI=1S/C28H32N4O8S/c1-5-37-23(34)16-40-26-18(10-9-13-21(26)36-4)14-29-32-22(33)15-39-20-12-8-7-11-19(20)25-24(27(35)38-6-2)17(3)30-28(41)31-25/h7-14,25H,5-6,15-16H2,1-4H3,(H,32,33)(H2,30,31,41)/t25-/m1/s1. The quantitative estimate of drug-likeness (QED) is 0.138. The van der Waals surface area contributed by atoms with E-state index >= 15 is 0 Å². The Bertz CT molecular complexity index is 1340. The first-order valence-electron chi connectivity index (χ1n) is 12.7. The number of thiocarbonyl (C=S) groups is 1. The first-order chi connectivity index (χ1) is 19.8. The van der Waals surface area contributed by atoms with Gasteiger partial charge in [-0.1, -0.05) is 24.3 Å². The predicted octanol–water partition coefficient (Wildman–Crippen LogP) is 2.52. The summed E-state index contributed by atoms with van der Waals surface area (Å²) in [6.07, 6.45) is 1.36. The number of benzene rings is 2. The van der Waals surface area contributed by atoms with Crippen molar-refractivity contribution in [3.63, 3.8) is 0 Å². The number of nitrogens with one attached hydrogen (secondary N) is 3. The smallest absolute Gasteiger partial charge is 0.344 e. The lowest BCUT2D eigenvalue weighted by molar-refractivity contribution is -0.145. The van der Waals surface area contributed by atoms with Gasteiger partial charge in [-0.05, 0) is 51.2 Å². The van der Waals surface area contributed by atoms with Crippen LogP contribution in [0.4, 0.5) is 0 Å². The molecule has 2 aromatic carbocycles. The minimum Gasteiger partial charge on any atom is -0.493 e. The highest BCUT2D eigenvalue weighted by Gasteiger charge is 2.32. The van der Waals surface area contributed by atoms with Crippen molar-refractivity contribution < 1.29 is 38.1 Å². The van der Waals surface area contributed by atoms with E-state index in [2.05, 4.69) is 21.2 Å². The zero-order valence-electron chi connectivity index (χ0n) is 23.1. The number of amides is 1. The van der Waals surface area contributed by atoms with E-state index in [9.17, 15) is 14.4 Å². The highest BCUT2D eigenvalue weighted by Crippen LogP contribution is 2.34. The van der Waals surface area contributed by atoms with Crippen LogP contribution in [0.15, 0.2) is 58.8 Å². The molecular formula is C28H32N4O8S. The molecule has 3 N–H and O–H groups in total. The molecule has 3 rings (SSSR count). The molecule has 0 saturated carbocycles. The fourth-order valence-corrected chi connectivity index (χ4v) is 4.16. The Kier molecular flexibility index (Phi) is 11.5. The molecule has 0 unspecified atom stereocenters. The van der Waals surface area contributed by atoms with E-state index in [1.165, 1.54) is 13.3 Å². The van der Waals surface area contributed by atoms with Crippen LogP contribution in [0.5, 0.6) is 17.2 Å². The van der Waals surface area contributed by atoms with Crippen LogP contribution in [0, 0.1) is 0 Å². The molecule has 0 spiro atoms. The van der Waals surface area contributed by atoms with Crippen LogP contribution >= 0.6 is 12.2 Å². The Hall–Kier alpha value is -4.65. The van der Waals surface area contributed by atoms with Crippen molar-refractivity contribution in [1.82, 2.24) is 16.1 Å². The maximum Gasteiger partial charge on any atom is 0.344 e. The Morgan fingerprint density at radius 1 is 1.00 bits per heavy atom. The van der Waals surface area contributed by atoms with Gasteiger partial charge >= 0.3 is 11.9 Å². The second kappa shape index (κ2) is 15.2. The molecule has 0 aromatic heterocycles. The summed E-state index contributed by atoms with van der Waals surface area (Å²) < 4.78 is 26.8. The molecule has 2 aromatic rings. The molecule has 1 aliphatic heterocycles. The van der Waals surface area contributed by atoms with Crippen molar-refractivity contribution in [3.05, 3.63) is 64.9 Å². The molecule has 1 heterocycles. The average molecular weight is 585 g/mol. The lowest BCUT2D eigenvalue weighted by Crippen LogP contribution is -2.45. The molecule has 0 bridgehead atoms. The van der Waals surface area contributed by atoms with Gasteiger partial charge in [0.2, 0.25) is 0 Å². The lowest BCUT2D eigenvalue weighted by Gasteiger charge is -2.30. The second-order valence-corrected chi connectivity index (χ2v) is 8.79. The van der Waals surface area contributed by atoms with Gasteiger partial charge in [-0.25, -0.2) is 15.0 Å². The van der Waals surface area contributed by atoms with E-state index in [4.69, 9.17) is 35.9 Å². The van der Waals surface area contributed by atoms with E-state index in [1.807, 2.05) is 0 Å². The Labute approximate surface area is 243 Å². The van der Waals surface area contributed by atoms with Crippen LogP contribution < -0.4 is 30.3 Å². The number of esters is 2. The van der Waals surface area contributed by atoms with Crippen molar-refractivity contribution in [2.75, 3.05) is 33.5 Å². The predicted molar refractivity (Wildman–Crippen MR) is 154 cm³/mol. The summed E-state index contributed by atoms with van der Waals surface area (Å²) in [6, 6.07) is 11.4. The average Bonchev–Trinajstić information content (AvgIpc) is 2.95. The molecule has 0 fully saturated rings. The third-order valence-corrected chi connectivity index (χ3v) is 5.84. The molecule has 0 radical (unpaired) electrons. The molecule has 1 amide bonds. The van der Waals surface area contributed by atoms with Crippen LogP contribution in [-0.4, -0.2) is 62.7 Å². The fourth-order valence-electron chi connectivity index (χ4n) is 3.89. The van der Waals surface area contributed by atoms with E-state index in [1.54, 1.807) is 63.2 Å². The number of allylic oxidation sites excluding steroid dienone is 1. The van der Waals surface area contributed by atoms with Crippen LogP contribution in [-0.2, 0) is 23.9 Å². The topological polar surface area (TPSA) is 146 Å². The number of ether oxygens (including phenoxy) is 5. The van der Waals surface area contributed by atoms with Gasteiger partial charge in [0.05, 0.1) is 38.2 Å². The van der Waals surface area contributed by atoms with Crippen molar-refractivity contribution in [2.24, 2.45) is 5.10 Å². The van der Waals surface area contributed by atoms with E-state index in [0.717, 1.165) is 0 Å². The molecule has 0 saturated heterocycles. The Morgan fingerprint density at radius 3 is 2.46 bits per heavy atom. The summed E-state index contributed by atoms with van der Waals surface area (Å²) >= 11 is 5.30. The molecule has 12 nitrogen and oxygen atoms in total. The van der Waals surface area contributed by atoms with Crippen LogP contribution in [0.3, 0.4) is 0 Å². The summed E-state index contributed by atoms with van der Waals surface area (Å²) in [4.78, 5) is 37.0. The van der Waals surface area contributed by atoms with Gasteiger partial charge in [-0.15, -0.1) is 0 Å². The van der Waals surface area contributed by atoms with Gasteiger partial charge in [-0.2, -0.15) is 5.10 Å². The number of rotatable bonds is 13. The van der Waals surface area contributed by atoms with Gasteiger partial charge in [0.25, 0.3) is 5.91 Å². The second-order valence-electron chi connectivity index (χ2n) is 8.38. The summed E-state index contributed by atoms with van der Waals surface area (Å²) in [5, 5.41) is 10.3. The zero-order valence-corrected chi connectivity index (χ0v) is 24.0. The van der Waals surface area contributed by atoms with Crippen LogP contribution in [0.2, 0.25) is 0 Å². The minimum absolute atomic E-state index is 0.209. The Morgan fingerprint density at radius 2 is 1.73 bits per heavy atom. The molecular weight excluding hydrogens is 552 g/mol. The summed E-state index contributed by atoms with van der Waals surface area (Å²) in [6.45, 7) is 4.90. The molecule has 0 aliphatic carbocycles. The SMILES string of the molecule is CCOC(=O)COc1c(C=NNC(=O)COc2ccccc2[C@H]2NC(=S)NC(C)=C2C(=O)OCC)cccc1OC. The number of hydrazone groups is 1. The maximum atomic E-state index is 12.7.